The Hall–Kier alpha value is -3.08. The Kier molecular flexibility index (Phi) is 4.21. The molecule has 0 saturated heterocycles. The molecule has 0 unspecified atom stereocenters. The van der Waals surface area contributed by atoms with Gasteiger partial charge in [-0.15, -0.1) is 0 Å². The van der Waals surface area contributed by atoms with E-state index in [9.17, 15) is 9.90 Å². The highest BCUT2D eigenvalue weighted by molar-refractivity contribution is 5.97. The summed E-state index contributed by atoms with van der Waals surface area (Å²) in [6, 6.07) is 15.3. The number of aromatic hydroxyl groups is 1. The molecule has 1 aromatic heterocycles. The van der Waals surface area contributed by atoms with Crippen molar-refractivity contribution in [2.45, 2.75) is 26.3 Å². The van der Waals surface area contributed by atoms with Crippen molar-refractivity contribution in [1.29, 1.82) is 0 Å². The van der Waals surface area contributed by atoms with Crippen molar-refractivity contribution >= 4 is 5.91 Å². The maximum absolute atomic E-state index is 12.8. The van der Waals surface area contributed by atoms with Crippen molar-refractivity contribution in [3.8, 4) is 5.75 Å². The number of rotatable bonds is 3. The fraction of sp³-hybridized carbons (Fsp3) is 0.238. The van der Waals surface area contributed by atoms with Crippen molar-refractivity contribution in [1.82, 2.24) is 9.88 Å². The lowest BCUT2D eigenvalue weighted by molar-refractivity contribution is 0.0724. The average molecular weight is 348 g/mol. The molecule has 26 heavy (non-hydrogen) atoms. The van der Waals surface area contributed by atoms with Crippen molar-refractivity contribution in [3.63, 3.8) is 0 Å². The van der Waals surface area contributed by atoms with Gasteiger partial charge in [-0.1, -0.05) is 42.5 Å². The van der Waals surface area contributed by atoms with Gasteiger partial charge in [-0.05, 0) is 24.1 Å². The number of fused-ring (bicyclic) bond motifs is 1. The molecule has 132 valence electrons. The van der Waals surface area contributed by atoms with Crippen LogP contribution in [0.4, 0.5) is 0 Å². The zero-order chi connectivity index (χ0) is 18.1. The largest absolute Gasteiger partial charge is 0.507 e. The molecule has 0 fully saturated rings. The summed E-state index contributed by atoms with van der Waals surface area (Å²) in [6.45, 7) is 2.74. The summed E-state index contributed by atoms with van der Waals surface area (Å²) >= 11 is 0. The van der Waals surface area contributed by atoms with Gasteiger partial charge in [0.1, 0.15) is 17.2 Å². The molecule has 2 heterocycles. The minimum Gasteiger partial charge on any atom is -0.507 e. The number of aromatic nitrogens is 1. The van der Waals surface area contributed by atoms with Crippen LogP contribution in [0, 0.1) is 6.92 Å². The lowest BCUT2D eigenvalue weighted by Crippen LogP contribution is -2.35. The van der Waals surface area contributed by atoms with Crippen LogP contribution in [-0.4, -0.2) is 27.4 Å². The highest BCUT2D eigenvalue weighted by Crippen LogP contribution is 2.26. The summed E-state index contributed by atoms with van der Waals surface area (Å²) in [7, 11) is 0. The van der Waals surface area contributed by atoms with Crippen molar-refractivity contribution < 1.29 is 14.3 Å². The number of para-hydroxylation sites is 1. The first-order chi connectivity index (χ1) is 12.6. The van der Waals surface area contributed by atoms with Gasteiger partial charge in [0.25, 0.3) is 5.91 Å². The summed E-state index contributed by atoms with van der Waals surface area (Å²) in [5.41, 5.74) is 2.98. The number of hydrogen-bond acceptors (Lipinski definition) is 4. The second kappa shape index (κ2) is 6.67. The minimum atomic E-state index is -0.176. The molecule has 1 aliphatic rings. The van der Waals surface area contributed by atoms with E-state index < -0.39 is 0 Å². The van der Waals surface area contributed by atoms with Crippen LogP contribution < -0.4 is 0 Å². The molecule has 1 N–H and O–H groups in total. The Labute approximate surface area is 151 Å². The van der Waals surface area contributed by atoms with Gasteiger partial charge in [0.2, 0.25) is 0 Å². The third-order valence-electron chi connectivity index (χ3n) is 4.73. The van der Waals surface area contributed by atoms with E-state index in [-0.39, 0.29) is 11.7 Å². The highest BCUT2D eigenvalue weighted by Gasteiger charge is 2.27. The predicted octanol–water partition coefficient (Wildman–Crippen LogP) is 3.48. The third-order valence-corrected chi connectivity index (χ3v) is 4.73. The molecule has 1 amide bonds. The van der Waals surface area contributed by atoms with Crippen LogP contribution >= 0.6 is 0 Å². The second-order valence-corrected chi connectivity index (χ2v) is 6.59. The van der Waals surface area contributed by atoms with Gasteiger partial charge in [-0.25, -0.2) is 4.98 Å². The molecule has 4 rings (SSSR count). The lowest BCUT2D eigenvalue weighted by atomic mass is 10.1. The Balaban J connectivity index is 1.53. The quantitative estimate of drug-likeness (QED) is 0.787. The summed E-state index contributed by atoms with van der Waals surface area (Å²) in [6.07, 6.45) is 1.27. The molecule has 0 atom stereocenters. The Morgan fingerprint density at radius 3 is 2.81 bits per heavy atom. The monoisotopic (exact) mass is 348 g/mol. The number of carbonyl (C=O) groups excluding carboxylic acids is 1. The molecule has 5 nitrogen and oxygen atoms in total. The maximum Gasteiger partial charge on any atom is 0.257 e. The van der Waals surface area contributed by atoms with Crippen molar-refractivity contribution in [2.24, 2.45) is 0 Å². The van der Waals surface area contributed by atoms with Gasteiger partial charge in [0.05, 0.1) is 12.1 Å². The molecule has 0 bridgehead atoms. The van der Waals surface area contributed by atoms with Gasteiger partial charge < -0.3 is 14.4 Å². The van der Waals surface area contributed by atoms with Gasteiger partial charge in [-0.3, -0.25) is 4.79 Å². The molecular weight excluding hydrogens is 328 g/mol. The van der Waals surface area contributed by atoms with Crippen LogP contribution in [0.2, 0.25) is 0 Å². The number of aryl methyl sites for hydroxylation is 1. The van der Waals surface area contributed by atoms with Gasteiger partial charge >= 0.3 is 0 Å². The molecule has 0 spiro atoms. The molecule has 5 heteroatoms. The Morgan fingerprint density at radius 1 is 1.19 bits per heavy atom. The first-order valence-electron chi connectivity index (χ1n) is 8.71. The normalized spacial score (nSPS) is 13.5. The van der Waals surface area contributed by atoms with Gasteiger partial charge in [0, 0.05) is 19.4 Å². The molecule has 2 aromatic carbocycles. The number of phenolic OH excluding ortho intramolecular Hbond substituents is 1. The van der Waals surface area contributed by atoms with Gasteiger partial charge in [-0.2, -0.15) is 0 Å². The molecule has 0 radical (unpaired) electrons. The first-order valence-corrected chi connectivity index (χ1v) is 8.71. The minimum absolute atomic E-state index is 0.0493. The van der Waals surface area contributed by atoms with E-state index in [0.717, 1.165) is 17.0 Å². The van der Waals surface area contributed by atoms with E-state index in [1.807, 2.05) is 30.3 Å². The van der Waals surface area contributed by atoms with E-state index in [1.165, 1.54) is 0 Å². The Morgan fingerprint density at radius 2 is 2.00 bits per heavy atom. The predicted molar refractivity (Wildman–Crippen MR) is 97.0 cm³/mol. The fourth-order valence-electron chi connectivity index (χ4n) is 3.27. The molecule has 1 aliphatic heterocycles. The molecule has 0 saturated carbocycles. The number of carbonyl (C=O) groups is 1. The van der Waals surface area contributed by atoms with E-state index in [4.69, 9.17) is 4.42 Å². The van der Waals surface area contributed by atoms with E-state index in [0.29, 0.717) is 42.9 Å². The summed E-state index contributed by atoms with van der Waals surface area (Å²) in [5.74, 6) is 1.40. The van der Waals surface area contributed by atoms with Crippen LogP contribution in [0.5, 0.6) is 5.75 Å². The zero-order valence-electron chi connectivity index (χ0n) is 14.6. The number of nitrogens with zero attached hydrogens (tertiary/aromatic N) is 2. The zero-order valence-corrected chi connectivity index (χ0v) is 14.6. The fourth-order valence-corrected chi connectivity index (χ4v) is 3.27. The summed E-state index contributed by atoms with van der Waals surface area (Å²) < 4.78 is 5.89. The van der Waals surface area contributed by atoms with Crippen molar-refractivity contribution in [2.75, 3.05) is 6.54 Å². The number of oxazole rings is 1. The van der Waals surface area contributed by atoms with Crippen LogP contribution in [-0.2, 0) is 19.4 Å². The SMILES string of the molecule is Cc1cccc(C(=O)N2CCc3oc(Cc4ccccc4)nc3C2)c1O. The molecule has 0 aliphatic carbocycles. The average Bonchev–Trinajstić information content (AvgIpc) is 3.05. The smallest absolute Gasteiger partial charge is 0.257 e. The van der Waals surface area contributed by atoms with Crippen LogP contribution in [0.3, 0.4) is 0 Å². The van der Waals surface area contributed by atoms with E-state index in [1.54, 1.807) is 30.0 Å². The first kappa shape index (κ1) is 16.4. The number of amides is 1. The highest BCUT2D eigenvalue weighted by atomic mass is 16.4. The van der Waals surface area contributed by atoms with Crippen LogP contribution in [0.25, 0.3) is 0 Å². The maximum atomic E-state index is 12.8. The summed E-state index contributed by atoms with van der Waals surface area (Å²) in [4.78, 5) is 19.1. The second-order valence-electron chi connectivity index (χ2n) is 6.59. The lowest BCUT2D eigenvalue weighted by Gasteiger charge is -2.25. The van der Waals surface area contributed by atoms with Gasteiger partial charge in [0.15, 0.2) is 5.89 Å². The number of benzene rings is 2. The van der Waals surface area contributed by atoms with Crippen LogP contribution in [0.1, 0.15) is 38.8 Å². The van der Waals surface area contributed by atoms with E-state index >= 15 is 0 Å². The molecular formula is C21H20N2O3. The van der Waals surface area contributed by atoms with Crippen LogP contribution in [0.15, 0.2) is 52.9 Å². The summed E-state index contributed by atoms with van der Waals surface area (Å²) in [5, 5.41) is 10.2. The van der Waals surface area contributed by atoms with Crippen molar-refractivity contribution in [3.05, 3.63) is 82.6 Å². The molecule has 3 aromatic rings. The van der Waals surface area contributed by atoms with E-state index in [2.05, 4.69) is 4.98 Å². The topological polar surface area (TPSA) is 66.6 Å². The number of hydrogen-bond donors (Lipinski definition) is 1. The third kappa shape index (κ3) is 3.08. The Bertz CT molecular complexity index is 947. The number of phenols is 1. The standard InChI is InChI=1S/C21H20N2O3/c1-14-6-5-9-16(20(14)24)21(25)23-11-10-18-17(13-23)22-19(26-18)12-15-7-3-2-4-8-15/h2-9,24H,10-13H2,1H3.